The molecule has 1 heterocycles. The molecule has 132 valence electrons. The van der Waals surface area contributed by atoms with E-state index >= 15 is 0 Å². The number of carbonyl (C=O) groups excluding carboxylic acids is 1. The summed E-state index contributed by atoms with van der Waals surface area (Å²) in [5, 5.41) is 23.7. The van der Waals surface area contributed by atoms with Crippen LogP contribution in [0.1, 0.15) is 25.3 Å². The van der Waals surface area contributed by atoms with Crippen LogP contribution < -0.4 is 5.32 Å². The number of nitro groups is 1. The summed E-state index contributed by atoms with van der Waals surface area (Å²) in [4.78, 5) is 24.6. The van der Waals surface area contributed by atoms with Gasteiger partial charge in [-0.15, -0.1) is 0 Å². The third-order valence-corrected chi connectivity index (χ3v) is 4.42. The molecule has 1 fully saturated rings. The van der Waals surface area contributed by atoms with Crippen molar-refractivity contribution in [3.05, 3.63) is 39.9 Å². The first-order chi connectivity index (χ1) is 11.5. The molecule has 1 atom stereocenters. The summed E-state index contributed by atoms with van der Waals surface area (Å²) in [6, 6.07) is 6.20. The van der Waals surface area contributed by atoms with E-state index in [-0.39, 0.29) is 24.6 Å². The second-order valence-electron chi connectivity index (χ2n) is 6.50. The van der Waals surface area contributed by atoms with E-state index in [9.17, 15) is 20.0 Å². The van der Waals surface area contributed by atoms with Crippen LogP contribution in [0.25, 0.3) is 0 Å². The van der Waals surface area contributed by atoms with Gasteiger partial charge in [0.2, 0.25) is 5.91 Å². The van der Waals surface area contributed by atoms with Crippen molar-refractivity contribution in [3.63, 3.8) is 0 Å². The molecule has 0 aliphatic carbocycles. The molecule has 2 rings (SSSR count). The molecule has 24 heavy (non-hydrogen) atoms. The number of nitro benzene ring substituents is 1. The van der Waals surface area contributed by atoms with E-state index in [1.54, 1.807) is 18.2 Å². The van der Waals surface area contributed by atoms with Crippen LogP contribution in [0, 0.1) is 16.0 Å². The number of β-amino-alcohol motifs (C(OH)–C–C–N with tert-alkyl or cyclic N) is 1. The molecule has 0 aromatic heterocycles. The van der Waals surface area contributed by atoms with E-state index in [2.05, 4.69) is 17.1 Å². The van der Waals surface area contributed by atoms with Gasteiger partial charge >= 0.3 is 0 Å². The van der Waals surface area contributed by atoms with Gasteiger partial charge in [-0.2, -0.15) is 0 Å². The maximum atomic E-state index is 12.0. The Morgan fingerprint density at radius 3 is 2.75 bits per heavy atom. The van der Waals surface area contributed by atoms with E-state index in [0.29, 0.717) is 12.1 Å². The van der Waals surface area contributed by atoms with Crippen molar-refractivity contribution in [2.24, 2.45) is 5.92 Å². The van der Waals surface area contributed by atoms with Gasteiger partial charge in [0, 0.05) is 24.7 Å². The van der Waals surface area contributed by atoms with Crippen molar-refractivity contribution in [3.8, 4) is 0 Å². The van der Waals surface area contributed by atoms with E-state index in [1.807, 2.05) is 0 Å². The van der Waals surface area contributed by atoms with Crippen LogP contribution in [0.2, 0.25) is 0 Å². The molecular formula is C17H25N3O4. The summed E-state index contributed by atoms with van der Waals surface area (Å²) in [5.74, 6) is 0.412. The fraction of sp³-hybridized carbons (Fsp3) is 0.588. The van der Waals surface area contributed by atoms with Crippen LogP contribution in [-0.4, -0.2) is 53.1 Å². The molecule has 0 radical (unpaired) electrons. The van der Waals surface area contributed by atoms with Crippen molar-refractivity contribution in [2.45, 2.75) is 32.3 Å². The zero-order valence-electron chi connectivity index (χ0n) is 14.0. The summed E-state index contributed by atoms with van der Waals surface area (Å²) in [6.07, 6.45) is 1.58. The number of hydrogen-bond acceptors (Lipinski definition) is 5. The Morgan fingerprint density at radius 1 is 1.42 bits per heavy atom. The number of amides is 1. The fourth-order valence-corrected chi connectivity index (χ4v) is 2.91. The smallest absolute Gasteiger partial charge is 0.273 e. The lowest BCUT2D eigenvalue weighted by atomic mass is 9.99. The molecule has 1 aliphatic rings. The van der Waals surface area contributed by atoms with Crippen LogP contribution in [0.3, 0.4) is 0 Å². The van der Waals surface area contributed by atoms with Gasteiger partial charge in [-0.25, -0.2) is 0 Å². The van der Waals surface area contributed by atoms with E-state index in [1.165, 1.54) is 6.07 Å². The summed E-state index contributed by atoms with van der Waals surface area (Å²) < 4.78 is 0. The molecule has 0 spiro atoms. The minimum absolute atomic E-state index is 0.0596. The van der Waals surface area contributed by atoms with Gasteiger partial charge in [0.05, 0.1) is 17.4 Å². The molecule has 1 aromatic rings. The molecule has 0 bridgehead atoms. The van der Waals surface area contributed by atoms with Crippen LogP contribution >= 0.6 is 0 Å². The third kappa shape index (κ3) is 5.58. The van der Waals surface area contributed by atoms with Crippen LogP contribution in [0.15, 0.2) is 24.3 Å². The first-order valence-electron chi connectivity index (χ1n) is 8.35. The number of para-hydroxylation sites is 1. The number of nitrogens with zero attached hydrogens (tertiary/aromatic N) is 2. The lowest BCUT2D eigenvalue weighted by Gasteiger charge is -2.31. The molecular weight excluding hydrogens is 310 g/mol. The van der Waals surface area contributed by atoms with E-state index < -0.39 is 11.0 Å². The monoisotopic (exact) mass is 335 g/mol. The highest BCUT2D eigenvalue weighted by Gasteiger charge is 2.19. The number of carbonyl (C=O) groups is 1. The number of aliphatic hydroxyl groups is 1. The average molecular weight is 335 g/mol. The number of nitrogens with one attached hydrogen (secondary N) is 1. The summed E-state index contributed by atoms with van der Waals surface area (Å²) in [6.45, 7) is 4.88. The number of rotatable bonds is 7. The van der Waals surface area contributed by atoms with Gasteiger partial charge in [-0.1, -0.05) is 25.1 Å². The normalized spacial score (nSPS) is 17.4. The predicted octanol–water partition coefficient (Wildman–Crippen LogP) is 1.35. The number of hydrogen-bond donors (Lipinski definition) is 2. The second-order valence-corrected chi connectivity index (χ2v) is 6.50. The molecule has 7 nitrogen and oxygen atoms in total. The maximum Gasteiger partial charge on any atom is 0.273 e. The maximum absolute atomic E-state index is 12.0. The van der Waals surface area contributed by atoms with Crippen LogP contribution in [0.5, 0.6) is 0 Å². The summed E-state index contributed by atoms with van der Waals surface area (Å²) in [7, 11) is 0. The third-order valence-electron chi connectivity index (χ3n) is 4.42. The minimum Gasteiger partial charge on any atom is -0.390 e. The number of benzene rings is 1. The van der Waals surface area contributed by atoms with Crippen LogP contribution in [0.4, 0.5) is 5.69 Å². The molecule has 1 aliphatic heterocycles. The number of piperidine rings is 1. The summed E-state index contributed by atoms with van der Waals surface area (Å²) >= 11 is 0. The van der Waals surface area contributed by atoms with E-state index in [4.69, 9.17) is 0 Å². The Morgan fingerprint density at radius 2 is 2.08 bits per heavy atom. The number of likely N-dealkylation sites (tertiary alicyclic amines) is 1. The lowest BCUT2D eigenvalue weighted by Crippen LogP contribution is -2.43. The van der Waals surface area contributed by atoms with Crippen molar-refractivity contribution in [1.29, 1.82) is 0 Å². The Labute approximate surface area is 141 Å². The van der Waals surface area contributed by atoms with Crippen molar-refractivity contribution < 1.29 is 14.8 Å². The van der Waals surface area contributed by atoms with Crippen molar-refractivity contribution in [2.75, 3.05) is 26.2 Å². The molecule has 1 saturated heterocycles. The average Bonchev–Trinajstić information content (AvgIpc) is 2.55. The Kier molecular flexibility index (Phi) is 6.69. The largest absolute Gasteiger partial charge is 0.390 e. The molecule has 1 aromatic carbocycles. The van der Waals surface area contributed by atoms with Gasteiger partial charge in [0.25, 0.3) is 5.69 Å². The lowest BCUT2D eigenvalue weighted by molar-refractivity contribution is -0.385. The first-order valence-corrected chi connectivity index (χ1v) is 8.35. The van der Waals surface area contributed by atoms with Gasteiger partial charge in [-0.3, -0.25) is 14.9 Å². The highest BCUT2D eigenvalue weighted by molar-refractivity contribution is 5.79. The Balaban J connectivity index is 1.76. The van der Waals surface area contributed by atoms with Gasteiger partial charge in [0.1, 0.15) is 0 Å². The number of aliphatic hydroxyl groups excluding tert-OH is 1. The standard InChI is InChI=1S/C17H25N3O4/c1-13-6-8-19(9-7-13)12-15(21)11-18-17(22)10-14-4-2-3-5-16(14)20(23)24/h2-5,13,15,21H,6-12H2,1H3,(H,18,22). The van der Waals surface area contributed by atoms with Crippen molar-refractivity contribution in [1.82, 2.24) is 10.2 Å². The first kappa shape index (κ1) is 18.4. The quantitative estimate of drug-likeness (QED) is 0.579. The highest BCUT2D eigenvalue weighted by atomic mass is 16.6. The molecule has 7 heteroatoms. The zero-order valence-corrected chi connectivity index (χ0v) is 14.0. The van der Waals surface area contributed by atoms with Gasteiger partial charge in [-0.05, 0) is 31.8 Å². The SMILES string of the molecule is CC1CCN(CC(O)CNC(=O)Cc2ccccc2[N+](=O)[O-])CC1. The van der Waals surface area contributed by atoms with Gasteiger partial charge < -0.3 is 15.3 Å². The highest BCUT2D eigenvalue weighted by Crippen LogP contribution is 2.18. The van der Waals surface area contributed by atoms with Crippen LogP contribution in [-0.2, 0) is 11.2 Å². The Bertz CT molecular complexity index is 571. The van der Waals surface area contributed by atoms with E-state index in [0.717, 1.165) is 31.8 Å². The van der Waals surface area contributed by atoms with Gasteiger partial charge in [0.15, 0.2) is 0 Å². The minimum atomic E-state index is -0.631. The topological polar surface area (TPSA) is 95.7 Å². The molecule has 0 saturated carbocycles. The zero-order chi connectivity index (χ0) is 17.5. The summed E-state index contributed by atoms with van der Waals surface area (Å²) in [5.41, 5.74) is 0.315. The molecule has 1 unspecified atom stereocenters. The van der Waals surface area contributed by atoms with Crippen molar-refractivity contribution >= 4 is 11.6 Å². The second kappa shape index (κ2) is 8.75. The molecule has 1 amide bonds. The molecule has 2 N–H and O–H groups in total. The Hall–Kier alpha value is -1.99. The predicted molar refractivity (Wildman–Crippen MR) is 90.7 cm³/mol. The fourth-order valence-electron chi connectivity index (χ4n) is 2.91.